The van der Waals surface area contributed by atoms with Crippen molar-refractivity contribution in [2.45, 2.75) is 6.61 Å². The quantitative estimate of drug-likeness (QED) is 0.481. The van der Waals surface area contributed by atoms with Crippen molar-refractivity contribution in [3.8, 4) is 0 Å². The molecule has 0 atom stereocenters. The van der Waals surface area contributed by atoms with Crippen LogP contribution in [0.2, 0.25) is 5.02 Å². The van der Waals surface area contributed by atoms with Crippen LogP contribution < -0.4 is 0 Å². The van der Waals surface area contributed by atoms with Crippen LogP contribution in [0.15, 0.2) is 53.7 Å². The zero-order valence-corrected chi connectivity index (χ0v) is 12.2. The predicted molar refractivity (Wildman–Crippen MR) is 81.6 cm³/mol. The normalized spacial score (nSPS) is 10.6. The summed E-state index contributed by atoms with van der Waals surface area (Å²) < 4.78 is 4.63. The molecule has 0 aliphatic rings. The number of esters is 1. The number of hydrogen-bond acceptors (Lipinski definition) is 4. The number of nitrogens with zero attached hydrogens (tertiary/aromatic N) is 1. The van der Waals surface area contributed by atoms with Gasteiger partial charge in [0.05, 0.1) is 18.9 Å². The Hall–Kier alpha value is -2.33. The second kappa shape index (κ2) is 7.45. The van der Waals surface area contributed by atoms with Gasteiger partial charge in [-0.15, -0.1) is 0 Å². The molecule has 0 fully saturated rings. The molecule has 0 saturated heterocycles. The first-order valence-electron chi connectivity index (χ1n) is 6.28. The molecular formula is C16H14ClNO3. The van der Waals surface area contributed by atoms with Gasteiger partial charge in [-0.05, 0) is 23.8 Å². The fourth-order valence-corrected chi connectivity index (χ4v) is 1.83. The van der Waals surface area contributed by atoms with E-state index in [-0.39, 0.29) is 5.97 Å². The third kappa shape index (κ3) is 4.33. The SMILES string of the molecule is COC(=O)c1ccc(CO/N=C/c2ccccc2Cl)cc1. The van der Waals surface area contributed by atoms with Gasteiger partial charge in [0.25, 0.3) is 0 Å². The molecule has 108 valence electrons. The zero-order chi connectivity index (χ0) is 15.1. The maximum Gasteiger partial charge on any atom is 0.337 e. The van der Waals surface area contributed by atoms with Crippen LogP contribution in [0, 0.1) is 0 Å². The zero-order valence-electron chi connectivity index (χ0n) is 11.5. The van der Waals surface area contributed by atoms with Crippen molar-refractivity contribution < 1.29 is 14.4 Å². The van der Waals surface area contributed by atoms with Crippen molar-refractivity contribution in [1.82, 2.24) is 0 Å². The maximum atomic E-state index is 11.3. The van der Waals surface area contributed by atoms with Gasteiger partial charge < -0.3 is 9.57 Å². The van der Waals surface area contributed by atoms with E-state index in [2.05, 4.69) is 9.89 Å². The van der Waals surface area contributed by atoms with Crippen molar-refractivity contribution in [3.05, 3.63) is 70.2 Å². The highest BCUT2D eigenvalue weighted by atomic mass is 35.5. The number of benzene rings is 2. The van der Waals surface area contributed by atoms with Gasteiger partial charge in [0.15, 0.2) is 0 Å². The molecule has 0 unspecified atom stereocenters. The molecule has 21 heavy (non-hydrogen) atoms. The third-order valence-corrected chi connectivity index (χ3v) is 3.12. The van der Waals surface area contributed by atoms with Gasteiger partial charge in [0, 0.05) is 10.6 Å². The van der Waals surface area contributed by atoms with Crippen molar-refractivity contribution in [2.24, 2.45) is 5.16 Å². The molecule has 2 rings (SSSR count). The van der Waals surface area contributed by atoms with E-state index in [0.29, 0.717) is 17.2 Å². The van der Waals surface area contributed by atoms with E-state index in [1.165, 1.54) is 7.11 Å². The molecule has 2 aromatic rings. The van der Waals surface area contributed by atoms with E-state index in [1.807, 2.05) is 18.2 Å². The predicted octanol–water partition coefficient (Wildman–Crippen LogP) is 3.68. The highest BCUT2D eigenvalue weighted by Gasteiger charge is 2.04. The summed E-state index contributed by atoms with van der Waals surface area (Å²) in [6.45, 7) is 0.308. The summed E-state index contributed by atoms with van der Waals surface area (Å²) in [5.74, 6) is -0.362. The summed E-state index contributed by atoms with van der Waals surface area (Å²) in [6.07, 6.45) is 1.56. The van der Waals surface area contributed by atoms with Crippen molar-refractivity contribution in [1.29, 1.82) is 0 Å². The average molecular weight is 304 g/mol. The number of oxime groups is 1. The highest BCUT2D eigenvalue weighted by Crippen LogP contribution is 2.12. The van der Waals surface area contributed by atoms with Crippen molar-refractivity contribution in [2.75, 3.05) is 7.11 Å². The number of rotatable bonds is 5. The molecule has 4 nitrogen and oxygen atoms in total. The van der Waals surface area contributed by atoms with Crippen LogP contribution in [0.4, 0.5) is 0 Å². The summed E-state index contributed by atoms with van der Waals surface area (Å²) >= 11 is 5.99. The number of ether oxygens (including phenoxy) is 1. The number of carbonyl (C=O) groups is 1. The minimum Gasteiger partial charge on any atom is -0.465 e. The van der Waals surface area contributed by atoms with Gasteiger partial charge in [0.2, 0.25) is 0 Å². The molecule has 0 amide bonds. The lowest BCUT2D eigenvalue weighted by atomic mass is 10.1. The Labute approximate surface area is 127 Å². The van der Waals surface area contributed by atoms with Gasteiger partial charge in [-0.3, -0.25) is 0 Å². The van der Waals surface area contributed by atoms with E-state index < -0.39 is 0 Å². The van der Waals surface area contributed by atoms with Crippen LogP contribution in [-0.4, -0.2) is 19.3 Å². The molecule has 0 N–H and O–H groups in total. The Morgan fingerprint density at radius 1 is 1.19 bits per heavy atom. The van der Waals surface area contributed by atoms with E-state index in [1.54, 1.807) is 36.5 Å². The first-order chi connectivity index (χ1) is 10.2. The number of methoxy groups -OCH3 is 1. The van der Waals surface area contributed by atoms with Crippen LogP contribution in [-0.2, 0) is 16.2 Å². The summed E-state index contributed by atoms with van der Waals surface area (Å²) in [5.41, 5.74) is 2.19. The van der Waals surface area contributed by atoms with Gasteiger partial charge in [0.1, 0.15) is 6.61 Å². The molecule has 0 bridgehead atoms. The number of hydrogen-bond donors (Lipinski definition) is 0. The second-order valence-electron chi connectivity index (χ2n) is 4.22. The maximum absolute atomic E-state index is 11.3. The molecule has 0 spiro atoms. The second-order valence-corrected chi connectivity index (χ2v) is 4.63. The van der Waals surface area contributed by atoms with Crippen LogP contribution in [0.1, 0.15) is 21.5 Å². The monoisotopic (exact) mass is 303 g/mol. The lowest BCUT2D eigenvalue weighted by Gasteiger charge is -2.02. The van der Waals surface area contributed by atoms with Gasteiger partial charge in [-0.1, -0.05) is 47.1 Å². The largest absolute Gasteiger partial charge is 0.465 e. The lowest BCUT2D eigenvalue weighted by Crippen LogP contribution is -2.01. The lowest BCUT2D eigenvalue weighted by molar-refractivity contribution is 0.0600. The molecule has 0 saturated carbocycles. The van der Waals surface area contributed by atoms with Crippen LogP contribution in [0.25, 0.3) is 0 Å². The molecule has 0 aliphatic carbocycles. The Morgan fingerprint density at radius 3 is 2.57 bits per heavy atom. The molecule has 0 heterocycles. The van der Waals surface area contributed by atoms with Crippen LogP contribution >= 0.6 is 11.6 Å². The Bertz CT molecular complexity index is 638. The average Bonchev–Trinajstić information content (AvgIpc) is 2.53. The van der Waals surface area contributed by atoms with E-state index in [4.69, 9.17) is 16.4 Å². The Morgan fingerprint density at radius 2 is 1.90 bits per heavy atom. The molecule has 5 heteroatoms. The molecular weight excluding hydrogens is 290 g/mol. The topological polar surface area (TPSA) is 47.9 Å². The minimum absolute atomic E-state index is 0.308. The first kappa shape index (κ1) is 15.1. The smallest absolute Gasteiger partial charge is 0.337 e. The highest BCUT2D eigenvalue weighted by molar-refractivity contribution is 6.33. The van der Waals surface area contributed by atoms with E-state index in [0.717, 1.165) is 11.1 Å². The fourth-order valence-electron chi connectivity index (χ4n) is 1.64. The first-order valence-corrected chi connectivity index (χ1v) is 6.65. The molecule has 2 aromatic carbocycles. The van der Waals surface area contributed by atoms with Gasteiger partial charge >= 0.3 is 5.97 Å². The molecule has 0 radical (unpaired) electrons. The molecule has 0 aliphatic heterocycles. The van der Waals surface area contributed by atoms with Crippen molar-refractivity contribution >= 4 is 23.8 Å². The van der Waals surface area contributed by atoms with Crippen LogP contribution in [0.3, 0.4) is 0 Å². The van der Waals surface area contributed by atoms with Gasteiger partial charge in [-0.2, -0.15) is 0 Å². The number of carbonyl (C=O) groups excluding carboxylic acids is 1. The third-order valence-electron chi connectivity index (χ3n) is 2.78. The molecule has 0 aromatic heterocycles. The number of halogens is 1. The standard InChI is InChI=1S/C16H14ClNO3/c1-20-16(19)13-8-6-12(7-9-13)11-21-18-10-14-4-2-3-5-15(14)17/h2-10H,11H2,1H3/b18-10+. The minimum atomic E-state index is -0.362. The summed E-state index contributed by atoms with van der Waals surface area (Å²) in [6, 6.07) is 14.3. The van der Waals surface area contributed by atoms with E-state index >= 15 is 0 Å². The summed E-state index contributed by atoms with van der Waals surface area (Å²) in [7, 11) is 1.35. The Kier molecular flexibility index (Phi) is 5.35. The van der Waals surface area contributed by atoms with Crippen molar-refractivity contribution in [3.63, 3.8) is 0 Å². The fraction of sp³-hybridized carbons (Fsp3) is 0.125. The summed E-state index contributed by atoms with van der Waals surface area (Å²) in [5, 5.41) is 4.49. The van der Waals surface area contributed by atoms with Crippen LogP contribution in [0.5, 0.6) is 0 Å². The Balaban J connectivity index is 1.89. The van der Waals surface area contributed by atoms with E-state index in [9.17, 15) is 4.79 Å². The summed E-state index contributed by atoms with van der Waals surface area (Å²) in [4.78, 5) is 16.5. The van der Waals surface area contributed by atoms with Gasteiger partial charge in [-0.25, -0.2) is 4.79 Å².